The van der Waals surface area contributed by atoms with Gasteiger partial charge in [-0.1, -0.05) is 31.2 Å². The van der Waals surface area contributed by atoms with Gasteiger partial charge in [0.1, 0.15) is 11.8 Å². The van der Waals surface area contributed by atoms with Crippen molar-refractivity contribution in [2.75, 3.05) is 0 Å². The molecule has 3 unspecified atom stereocenters. The van der Waals surface area contributed by atoms with Gasteiger partial charge in [0.05, 0.1) is 5.92 Å². The van der Waals surface area contributed by atoms with Crippen molar-refractivity contribution in [3.8, 4) is 0 Å². The number of Topliss-reactive ketones (excluding diaryl/α,β-unsaturated/α-hetero) is 2. The average molecular weight is 289 g/mol. The summed E-state index contributed by atoms with van der Waals surface area (Å²) in [4.78, 5) is 34.9. The second kappa shape index (κ2) is 6.18. The summed E-state index contributed by atoms with van der Waals surface area (Å²) in [5.41, 5.74) is 6.72. The Hall–Kier alpha value is -2.01. The van der Waals surface area contributed by atoms with Gasteiger partial charge in [0.15, 0.2) is 5.78 Å². The molecule has 0 aliphatic heterocycles. The number of carboxylic acid groups (broad SMARTS) is 1. The quantitative estimate of drug-likeness (QED) is 0.631. The minimum atomic E-state index is -1.05. The summed E-state index contributed by atoms with van der Waals surface area (Å²) >= 11 is 0. The van der Waals surface area contributed by atoms with Gasteiger partial charge in [-0.05, 0) is 24.8 Å². The zero-order chi connectivity index (χ0) is 15.6. The van der Waals surface area contributed by atoms with E-state index < -0.39 is 17.9 Å². The molecule has 1 aromatic carbocycles. The van der Waals surface area contributed by atoms with Crippen LogP contribution in [0.2, 0.25) is 0 Å². The molecule has 3 N–H and O–H groups in total. The second-order valence-corrected chi connectivity index (χ2v) is 5.64. The molecule has 5 nitrogen and oxygen atoms in total. The Balaban J connectivity index is 2.07. The summed E-state index contributed by atoms with van der Waals surface area (Å²) in [6.07, 6.45) is 1.59. The van der Waals surface area contributed by atoms with E-state index in [1.807, 2.05) is 6.92 Å². The van der Waals surface area contributed by atoms with Gasteiger partial charge in [-0.25, -0.2) is 0 Å². The molecule has 0 amide bonds. The number of rotatable bonds is 5. The van der Waals surface area contributed by atoms with Crippen LogP contribution in [-0.2, 0) is 16.0 Å². The molecule has 112 valence electrons. The molecule has 0 spiro atoms. The van der Waals surface area contributed by atoms with Gasteiger partial charge in [-0.15, -0.1) is 0 Å². The molecule has 2 rings (SSSR count). The fraction of sp³-hybridized carbons (Fsp3) is 0.438. The van der Waals surface area contributed by atoms with Crippen LogP contribution in [-0.4, -0.2) is 28.7 Å². The third kappa shape index (κ3) is 3.36. The molecule has 0 radical (unpaired) electrons. The van der Waals surface area contributed by atoms with Crippen molar-refractivity contribution >= 4 is 17.5 Å². The monoisotopic (exact) mass is 289 g/mol. The fourth-order valence-electron chi connectivity index (χ4n) is 2.65. The van der Waals surface area contributed by atoms with Crippen LogP contribution < -0.4 is 5.73 Å². The predicted octanol–water partition coefficient (Wildman–Crippen LogP) is 1.44. The molecular formula is C16H19NO4. The normalized spacial score (nSPS) is 23.0. The van der Waals surface area contributed by atoms with Gasteiger partial charge in [-0.2, -0.15) is 0 Å². The molecule has 1 aromatic rings. The SMILES string of the molecule is CC1CCC(C(=O)c2ccc(CC(N)C(=O)O)cc2)C1=O. The van der Waals surface area contributed by atoms with Crippen LogP contribution in [0.1, 0.15) is 35.7 Å². The first-order valence-electron chi connectivity index (χ1n) is 7.05. The number of benzene rings is 1. The highest BCUT2D eigenvalue weighted by atomic mass is 16.4. The summed E-state index contributed by atoms with van der Waals surface area (Å²) in [5, 5.41) is 8.77. The van der Waals surface area contributed by atoms with Crippen LogP contribution >= 0.6 is 0 Å². The lowest BCUT2D eigenvalue weighted by atomic mass is 9.93. The van der Waals surface area contributed by atoms with Gasteiger partial charge in [-0.3, -0.25) is 14.4 Å². The van der Waals surface area contributed by atoms with Crippen LogP contribution in [0.3, 0.4) is 0 Å². The van der Waals surface area contributed by atoms with Gasteiger partial charge < -0.3 is 10.8 Å². The molecule has 1 saturated carbocycles. The van der Waals surface area contributed by atoms with Crippen molar-refractivity contribution in [3.63, 3.8) is 0 Å². The van der Waals surface area contributed by atoms with Crippen molar-refractivity contribution in [3.05, 3.63) is 35.4 Å². The van der Waals surface area contributed by atoms with Crippen LogP contribution in [0.25, 0.3) is 0 Å². The third-order valence-corrected chi connectivity index (χ3v) is 4.05. The molecule has 3 atom stereocenters. The minimum absolute atomic E-state index is 0.0250. The first kappa shape index (κ1) is 15.4. The number of hydrogen-bond acceptors (Lipinski definition) is 4. The average Bonchev–Trinajstić information content (AvgIpc) is 2.79. The van der Waals surface area contributed by atoms with Crippen LogP contribution in [0.5, 0.6) is 0 Å². The highest BCUT2D eigenvalue weighted by molar-refractivity contribution is 6.12. The molecule has 0 saturated heterocycles. The van der Waals surface area contributed by atoms with Gasteiger partial charge in [0.25, 0.3) is 0 Å². The molecule has 5 heteroatoms. The van der Waals surface area contributed by atoms with Crippen molar-refractivity contribution in [2.45, 2.75) is 32.2 Å². The molecule has 1 aliphatic rings. The Morgan fingerprint density at radius 1 is 1.29 bits per heavy atom. The van der Waals surface area contributed by atoms with E-state index >= 15 is 0 Å². The standard InChI is InChI=1S/C16H19NO4/c1-9-2-7-12(14(9)18)15(19)11-5-3-10(4-6-11)8-13(17)16(20)21/h3-6,9,12-13H,2,7-8,17H2,1H3,(H,20,21). The Morgan fingerprint density at radius 3 is 2.38 bits per heavy atom. The molecule has 1 aliphatic carbocycles. The molecule has 0 bridgehead atoms. The lowest BCUT2D eigenvalue weighted by molar-refractivity contribution is -0.138. The largest absolute Gasteiger partial charge is 0.480 e. The summed E-state index contributed by atoms with van der Waals surface area (Å²) < 4.78 is 0. The maximum absolute atomic E-state index is 12.3. The number of hydrogen-bond donors (Lipinski definition) is 2. The number of aliphatic carboxylic acids is 1. The zero-order valence-corrected chi connectivity index (χ0v) is 11.9. The minimum Gasteiger partial charge on any atom is -0.480 e. The van der Waals surface area contributed by atoms with E-state index in [1.165, 1.54) is 0 Å². The highest BCUT2D eigenvalue weighted by Crippen LogP contribution is 2.29. The van der Waals surface area contributed by atoms with E-state index in [2.05, 4.69) is 0 Å². The van der Waals surface area contributed by atoms with Crippen molar-refractivity contribution in [1.82, 2.24) is 0 Å². The number of ketones is 2. The number of carboxylic acids is 1. The lowest BCUT2D eigenvalue weighted by Crippen LogP contribution is -2.32. The fourth-order valence-corrected chi connectivity index (χ4v) is 2.65. The first-order chi connectivity index (χ1) is 9.90. The topological polar surface area (TPSA) is 97.5 Å². The maximum Gasteiger partial charge on any atom is 0.320 e. The maximum atomic E-state index is 12.3. The summed E-state index contributed by atoms with van der Waals surface area (Å²) in [6, 6.07) is 5.71. The Morgan fingerprint density at radius 2 is 1.90 bits per heavy atom. The molecule has 21 heavy (non-hydrogen) atoms. The van der Waals surface area contributed by atoms with Crippen LogP contribution in [0.4, 0.5) is 0 Å². The Kier molecular flexibility index (Phi) is 4.53. The zero-order valence-electron chi connectivity index (χ0n) is 11.9. The molecular weight excluding hydrogens is 270 g/mol. The van der Waals surface area contributed by atoms with Gasteiger partial charge in [0, 0.05) is 11.5 Å². The van der Waals surface area contributed by atoms with Crippen molar-refractivity contribution in [1.29, 1.82) is 0 Å². The second-order valence-electron chi connectivity index (χ2n) is 5.64. The van der Waals surface area contributed by atoms with E-state index in [0.717, 1.165) is 12.0 Å². The lowest BCUT2D eigenvalue weighted by Gasteiger charge is -2.10. The van der Waals surface area contributed by atoms with E-state index in [-0.39, 0.29) is 23.9 Å². The summed E-state index contributed by atoms with van der Waals surface area (Å²) in [7, 11) is 0. The molecule has 0 aromatic heterocycles. The van der Waals surface area contributed by atoms with Gasteiger partial charge >= 0.3 is 5.97 Å². The number of carbonyl (C=O) groups excluding carboxylic acids is 2. The highest BCUT2D eigenvalue weighted by Gasteiger charge is 2.36. The first-order valence-corrected chi connectivity index (χ1v) is 7.05. The van der Waals surface area contributed by atoms with Gasteiger partial charge in [0.2, 0.25) is 0 Å². The van der Waals surface area contributed by atoms with Crippen molar-refractivity contribution in [2.24, 2.45) is 17.6 Å². The number of carbonyl (C=O) groups is 3. The summed E-state index contributed by atoms with van der Waals surface area (Å²) in [5.74, 6) is -1.73. The Bertz CT molecular complexity index is 564. The number of nitrogens with two attached hydrogens (primary N) is 1. The smallest absolute Gasteiger partial charge is 0.320 e. The Labute approximate surface area is 123 Å². The predicted molar refractivity (Wildman–Crippen MR) is 77.0 cm³/mol. The van der Waals surface area contributed by atoms with Crippen molar-refractivity contribution < 1.29 is 19.5 Å². The van der Waals surface area contributed by atoms with Crippen LogP contribution in [0, 0.1) is 11.8 Å². The molecule has 0 heterocycles. The molecule has 1 fully saturated rings. The van der Waals surface area contributed by atoms with E-state index in [1.54, 1.807) is 24.3 Å². The third-order valence-electron chi connectivity index (χ3n) is 4.05. The van der Waals surface area contributed by atoms with E-state index in [9.17, 15) is 14.4 Å². The summed E-state index contributed by atoms with van der Waals surface area (Å²) in [6.45, 7) is 1.85. The van der Waals surface area contributed by atoms with E-state index in [0.29, 0.717) is 12.0 Å². The van der Waals surface area contributed by atoms with Crippen LogP contribution in [0.15, 0.2) is 24.3 Å². The van der Waals surface area contributed by atoms with E-state index in [4.69, 9.17) is 10.8 Å².